The zero-order valence-corrected chi connectivity index (χ0v) is 19.0. The van der Waals surface area contributed by atoms with Gasteiger partial charge in [0.25, 0.3) is 0 Å². The average molecular weight is 500 g/mol. The van der Waals surface area contributed by atoms with Gasteiger partial charge < -0.3 is 20.1 Å². The summed E-state index contributed by atoms with van der Waals surface area (Å²) in [5.41, 5.74) is 0. The number of hydrogen-bond donors (Lipinski definition) is 2. The van der Waals surface area contributed by atoms with Crippen LogP contribution < -0.4 is 20.1 Å². The monoisotopic (exact) mass is 500 g/mol. The SMILES string of the molecule is CN=C(NCCCOc1cccc(OC)c1)NC1CCCn2nc(C)nc21.I. The summed E-state index contributed by atoms with van der Waals surface area (Å²) in [6.07, 6.45) is 2.97. The van der Waals surface area contributed by atoms with Crippen molar-refractivity contribution in [3.05, 3.63) is 35.9 Å². The Morgan fingerprint density at radius 2 is 2.18 bits per heavy atom. The molecule has 2 heterocycles. The van der Waals surface area contributed by atoms with E-state index in [1.165, 1.54) is 0 Å². The van der Waals surface area contributed by atoms with Crippen molar-refractivity contribution in [2.45, 2.75) is 38.8 Å². The molecule has 2 N–H and O–H groups in total. The fourth-order valence-corrected chi connectivity index (χ4v) is 3.12. The summed E-state index contributed by atoms with van der Waals surface area (Å²) in [6.45, 7) is 4.25. The topological polar surface area (TPSA) is 85.6 Å². The molecule has 0 fully saturated rings. The third-order valence-electron chi connectivity index (χ3n) is 4.44. The van der Waals surface area contributed by atoms with E-state index in [9.17, 15) is 0 Å². The molecule has 2 aromatic rings. The number of hydrogen-bond acceptors (Lipinski definition) is 5. The van der Waals surface area contributed by atoms with Gasteiger partial charge in [-0.05, 0) is 38.3 Å². The van der Waals surface area contributed by atoms with Gasteiger partial charge in [-0.3, -0.25) is 4.99 Å². The van der Waals surface area contributed by atoms with E-state index in [1.807, 2.05) is 35.9 Å². The molecule has 0 bridgehead atoms. The molecule has 3 rings (SSSR count). The summed E-state index contributed by atoms with van der Waals surface area (Å²) in [6, 6.07) is 7.77. The minimum Gasteiger partial charge on any atom is -0.497 e. The van der Waals surface area contributed by atoms with E-state index in [2.05, 4.69) is 25.7 Å². The Morgan fingerprint density at radius 1 is 1.36 bits per heavy atom. The number of guanidine groups is 1. The van der Waals surface area contributed by atoms with Gasteiger partial charge in [0, 0.05) is 26.2 Å². The van der Waals surface area contributed by atoms with Crippen LogP contribution in [0.15, 0.2) is 29.3 Å². The second-order valence-electron chi connectivity index (χ2n) is 6.46. The summed E-state index contributed by atoms with van der Waals surface area (Å²) in [7, 11) is 3.43. The zero-order chi connectivity index (χ0) is 19.1. The maximum atomic E-state index is 5.76. The van der Waals surface area contributed by atoms with Gasteiger partial charge in [0.05, 0.1) is 19.8 Å². The Hall–Kier alpha value is -2.04. The molecule has 28 heavy (non-hydrogen) atoms. The molecular formula is C19H29IN6O2. The molecular weight excluding hydrogens is 471 g/mol. The predicted molar refractivity (Wildman–Crippen MR) is 120 cm³/mol. The van der Waals surface area contributed by atoms with E-state index in [-0.39, 0.29) is 30.0 Å². The van der Waals surface area contributed by atoms with E-state index in [4.69, 9.17) is 9.47 Å². The minimum atomic E-state index is 0. The van der Waals surface area contributed by atoms with Crippen molar-refractivity contribution in [2.24, 2.45) is 4.99 Å². The van der Waals surface area contributed by atoms with Crippen LogP contribution in [0, 0.1) is 6.92 Å². The third kappa shape index (κ3) is 5.98. The maximum absolute atomic E-state index is 5.76. The van der Waals surface area contributed by atoms with Crippen LogP contribution in [0.2, 0.25) is 0 Å². The molecule has 1 aliphatic heterocycles. The van der Waals surface area contributed by atoms with Gasteiger partial charge in [-0.2, -0.15) is 5.10 Å². The van der Waals surface area contributed by atoms with Gasteiger partial charge in [0.1, 0.15) is 23.1 Å². The number of methoxy groups -OCH3 is 1. The molecule has 9 heteroatoms. The summed E-state index contributed by atoms with van der Waals surface area (Å²) >= 11 is 0. The van der Waals surface area contributed by atoms with Crippen LogP contribution in [0.1, 0.15) is 37.0 Å². The first kappa shape index (κ1) is 22.3. The number of nitrogens with one attached hydrogen (secondary N) is 2. The molecule has 0 saturated heterocycles. The molecule has 0 saturated carbocycles. The first-order chi connectivity index (χ1) is 13.2. The highest BCUT2D eigenvalue weighted by atomic mass is 127. The summed E-state index contributed by atoms with van der Waals surface area (Å²) in [4.78, 5) is 8.87. The summed E-state index contributed by atoms with van der Waals surface area (Å²) in [5, 5.41) is 11.2. The Bertz CT molecular complexity index is 780. The second-order valence-corrected chi connectivity index (χ2v) is 6.46. The summed E-state index contributed by atoms with van der Waals surface area (Å²) in [5.74, 6) is 4.19. The molecule has 1 unspecified atom stereocenters. The van der Waals surface area contributed by atoms with Crippen molar-refractivity contribution in [1.82, 2.24) is 25.4 Å². The van der Waals surface area contributed by atoms with Crippen molar-refractivity contribution >= 4 is 29.9 Å². The van der Waals surface area contributed by atoms with Gasteiger partial charge in [-0.1, -0.05) is 6.07 Å². The standard InChI is InChI=1S/C19H28N6O2.HI/c1-14-22-18-17(9-5-11-25(18)24-14)23-19(20-2)21-10-6-12-27-16-8-4-7-15(13-16)26-3;/h4,7-8,13,17H,5-6,9-12H2,1-3H3,(H2,20,21,23);1H. The number of aromatic nitrogens is 3. The number of aliphatic imine (C=N–C) groups is 1. The number of aryl methyl sites for hydroxylation is 2. The normalized spacial score (nSPS) is 16.0. The lowest BCUT2D eigenvalue weighted by Gasteiger charge is -2.25. The number of nitrogens with zero attached hydrogens (tertiary/aromatic N) is 4. The van der Waals surface area contributed by atoms with Gasteiger partial charge in [-0.15, -0.1) is 24.0 Å². The van der Waals surface area contributed by atoms with Crippen LogP contribution >= 0.6 is 24.0 Å². The average Bonchev–Trinajstić information content (AvgIpc) is 3.08. The van der Waals surface area contributed by atoms with E-state index in [0.29, 0.717) is 6.61 Å². The van der Waals surface area contributed by atoms with Crippen molar-refractivity contribution in [1.29, 1.82) is 0 Å². The number of halogens is 1. The van der Waals surface area contributed by atoms with Crippen molar-refractivity contribution in [3.8, 4) is 11.5 Å². The summed E-state index contributed by atoms with van der Waals surface area (Å²) < 4.78 is 13.0. The molecule has 0 aliphatic carbocycles. The Labute approximate surface area is 183 Å². The predicted octanol–water partition coefficient (Wildman–Crippen LogP) is 2.68. The quantitative estimate of drug-likeness (QED) is 0.263. The molecule has 1 aromatic heterocycles. The molecule has 154 valence electrons. The van der Waals surface area contributed by atoms with Gasteiger partial charge in [-0.25, -0.2) is 9.67 Å². The molecule has 1 aliphatic rings. The Kier molecular flexibility index (Phi) is 8.81. The Morgan fingerprint density at radius 3 is 2.96 bits per heavy atom. The van der Waals surface area contributed by atoms with Crippen LogP contribution in [0.3, 0.4) is 0 Å². The minimum absolute atomic E-state index is 0. The maximum Gasteiger partial charge on any atom is 0.191 e. The van der Waals surface area contributed by atoms with E-state index >= 15 is 0 Å². The fourth-order valence-electron chi connectivity index (χ4n) is 3.12. The van der Waals surface area contributed by atoms with Crippen molar-refractivity contribution < 1.29 is 9.47 Å². The van der Waals surface area contributed by atoms with Gasteiger partial charge >= 0.3 is 0 Å². The largest absolute Gasteiger partial charge is 0.497 e. The number of rotatable bonds is 7. The number of ether oxygens (including phenoxy) is 2. The molecule has 0 radical (unpaired) electrons. The molecule has 1 aromatic carbocycles. The van der Waals surface area contributed by atoms with Gasteiger partial charge in [0.15, 0.2) is 5.96 Å². The second kappa shape index (κ2) is 11.1. The van der Waals surface area contributed by atoms with Crippen molar-refractivity contribution in [3.63, 3.8) is 0 Å². The van der Waals surface area contributed by atoms with Crippen LogP contribution in [0.5, 0.6) is 11.5 Å². The van der Waals surface area contributed by atoms with Gasteiger partial charge in [0.2, 0.25) is 0 Å². The zero-order valence-electron chi connectivity index (χ0n) is 16.6. The Balaban J connectivity index is 0.00000280. The van der Waals surface area contributed by atoms with Crippen molar-refractivity contribution in [2.75, 3.05) is 27.3 Å². The molecule has 0 amide bonds. The fraction of sp³-hybridized carbons (Fsp3) is 0.526. The lowest BCUT2D eigenvalue weighted by molar-refractivity contribution is 0.308. The molecule has 1 atom stereocenters. The smallest absolute Gasteiger partial charge is 0.191 e. The molecule has 8 nitrogen and oxygen atoms in total. The number of fused-ring (bicyclic) bond motifs is 1. The van der Waals surface area contributed by atoms with E-state index in [1.54, 1.807) is 14.2 Å². The first-order valence-electron chi connectivity index (χ1n) is 9.35. The van der Waals surface area contributed by atoms with Crippen LogP contribution in [-0.4, -0.2) is 48.0 Å². The van der Waals surface area contributed by atoms with Crippen LogP contribution in [0.25, 0.3) is 0 Å². The van der Waals surface area contributed by atoms with Crippen LogP contribution in [0.4, 0.5) is 0 Å². The highest BCUT2D eigenvalue weighted by molar-refractivity contribution is 14.0. The van der Waals surface area contributed by atoms with E-state index in [0.717, 1.165) is 61.5 Å². The first-order valence-corrected chi connectivity index (χ1v) is 9.35. The van der Waals surface area contributed by atoms with E-state index < -0.39 is 0 Å². The highest BCUT2D eigenvalue weighted by Crippen LogP contribution is 2.22. The molecule has 0 spiro atoms. The highest BCUT2D eigenvalue weighted by Gasteiger charge is 2.24. The number of benzene rings is 1. The van der Waals surface area contributed by atoms with Crippen LogP contribution in [-0.2, 0) is 6.54 Å². The third-order valence-corrected chi connectivity index (χ3v) is 4.44. The lowest BCUT2D eigenvalue weighted by atomic mass is 10.1. The lowest BCUT2D eigenvalue weighted by Crippen LogP contribution is -2.42.